The zero-order valence-electron chi connectivity index (χ0n) is 12.7. The van der Waals surface area contributed by atoms with Crippen LogP contribution in [-0.2, 0) is 0 Å². The molecule has 2 rings (SSSR count). The Morgan fingerprint density at radius 1 is 1.30 bits per heavy atom. The topological polar surface area (TPSA) is 73.8 Å². The molecule has 0 saturated heterocycles. The van der Waals surface area contributed by atoms with Crippen LogP contribution in [0.1, 0.15) is 43.3 Å². The first-order valence-electron chi connectivity index (χ1n) is 7.26. The molecule has 122 valence electrons. The highest BCUT2D eigenvalue weighted by Crippen LogP contribution is 2.29. The molecule has 0 aliphatic carbocycles. The quantitative estimate of drug-likeness (QED) is 0.651. The zero-order valence-corrected chi connectivity index (χ0v) is 14.3. The van der Waals surface area contributed by atoms with Crippen LogP contribution in [0, 0.1) is 0 Å². The molecule has 0 bridgehead atoms. The van der Waals surface area contributed by atoms with Crippen LogP contribution in [0.3, 0.4) is 0 Å². The highest BCUT2D eigenvalue weighted by atomic mass is 79.9. The van der Waals surface area contributed by atoms with Gasteiger partial charge in [-0.2, -0.15) is 0 Å². The number of phenols is 1. The number of hydrogen-bond donors (Lipinski definition) is 3. The molecule has 0 fully saturated rings. The lowest BCUT2D eigenvalue weighted by molar-refractivity contribution is 0.150. The third-order valence-electron chi connectivity index (χ3n) is 3.41. The maximum atomic E-state index is 10.1. The van der Waals surface area contributed by atoms with Gasteiger partial charge in [-0.1, -0.05) is 15.9 Å². The Bertz CT molecular complexity index is 700. The third kappa shape index (κ3) is 5.12. The first-order valence-corrected chi connectivity index (χ1v) is 8.05. The first-order chi connectivity index (χ1) is 11.0. The molecule has 1 aromatic carbocycles. The van der Waals surface area contributed by atoms with Gasteiger partial charge >= 0.3 is 0 Å². The zero-order chi connectivity index (χ0) is 16.8. The van der Waals surface area contributed by atoms with Gasteiger partial charge < -0.3 is 19.7 Å². The van der Waals surface area contributed by atoms with Crippen LogP contribution in [0.4, 0.5) is 0 Å². The number of phenolic OH excluding ortho intramolecular Hbond substituents is 1. The van der Waals surface area contributed by atoms with E-state index in [4.69, 9.17) is 4.42 Å². The number of halogens is 1. The monoisotopic (exact) mass is 378 g/mol. The van der Waals surface area contributed by atoms with Crippen molar-refractivity contribution >= 4 is 15.9 Å². The fourth-order valence-corrected chi connectivity index (χ4v) is 2.57. The van der Waals surface area contributed by atoms with Crippen LogP contribution in [0.25, 0.3) is 0 Å². The molecule has 0 unspecified atom stereocenters. The lowest BCUT2D eigenvalue weighted by atomic mass is 10.0. The van der Waals surface area contributed by atoms with E-state index in [2.05, 4.69) is 21.7 Å². The Balaban J connectivity index is 1.97. The molecule has 1 aromatic heterocycles. The van der Waals surface area contributed by atoms with Crippen LogP contribution in [0.2, 0.25) is 0 Å². The maximum absolute atomic E-state index is 10.1. The van der Waals surface area contributed by atoms with Crippen LogP contribution < -0.4 is 0 Å². The smallest absolute Gasteiger partial charge is 0.132 e. The summed E-state index contributed by atoms with van der Waals surface area (Å²) >= 11 is 3.31. The van der Waals surface area contributed by atoms with Crippen molar-refractivity contribution in [3.05, 3.63) is 69.8 Å². The van der Waals surface area contributed by atoms with E-state index in [0.29, 0.717) is 24.2 Å². The van der Waals surface area contributed by atoms with Gasteiger partial charge in [0, 0.05) is 22.9 Å². The van der Waals surface area contributed by atoms with E-state index in [1.54, 1.807) is 30.3 Å². The van der Waals surface area contributed by atoms with Gasteiger partial charge in [0.1, 0.15) is 17.6 Å². The number of furan rings is 1. The Labute approximate surface area is 143 Å². The highest BCUT2D eigenvalue weighted by Gasteiger charge is 2.12. The molecule has 0 spiro atoms. The van der Waals surface area contributed by atoms with Crippen molar-refractivity contribution < 1.29 is 19.7 Å². The van der Waals surface area contributed by atoms with Crippen molar-refractivity contribution in [3.8, 4) is 5.75 Å². The van der Waals surface area contributed by atoms with Gasteiger partial charge in [-0.15, -0.1) is 5.73 Å². The van der Waals surface area contributed by atoms with E-state index in [9.17, 15) is 15.3 Å². The van der Waals surface area contributed by atoms with Crippen LogP contribution in [0.15, 0.2) is 62.9 Å². The molecule has 4 nitrogen and oxygen atoms in total. The molecule has 0 aliphatic heterocycles. The van der Waals surface area contributed by atoms with E-state index in [1.165, 1.54) is 12.3 Å². The molecule has 23 heavy (non-hydrogen) atoms. The molecule has 0 aliphatic rings. The molecule has 0 radical (unpaired) electrons. The lowest BCUT2D eigenvalue weighted by Crippen LogP contribution is -1.97. The number of benzene rings is 1. The molecular formula is C18H19BrO4. The molecule has 1 heterocycles. The summed E-state index contributed by atoms with van der Waals surface area (Å²) in [6, 6.07) is 8.38. The summed E-state index contributed by atoms with van der Waals surface area (Å²) in [4.78, 5) is 0. The summed E-state index contributed by atoms with van der Waals surface area (Å²) in [7, 11) is 0. The van der Waals surface area contributed by atoms with Crippen molar-refractivity contribution in [3.63, 3.8) is 0 Å². The largest absolute Gasteiger partial charge is 0.508 e. The van der Waals surface area contributed by atoms with E-state index in [1.807, 2.05) is 6.92 Å². The second kappa shape index (κ2) is 8.18. The fraction of sp³-hybridized carbons (Fsp3) is 0.278. The Morgan fingerprint density at radius 3 is 2.78 bits per heavy atom. The third-order valence-corrected chi connectivity index (χ3v) is 3.90. The number of aromatic hydroxyl groups is 1. The predicted octanol–water partition coefficient (Wildman–Crippen LogP) is 4.40. The number of hydrogen-bond acceptors (Lipinski definition) is 4. The van der Waals surface area contributed by atoms with Gasteiger partial charge in [-0.05, 0) is 48.9 Å². The second-order valence-electron chi connectivity index (χ2n) is 5.32. The maximum Gasteiger partial charge on any atom is 0.132 e. The number of aliphatic hydroxyl groups is 2. The molecule has 0 saturated carbocycles. The van der Waals surface area contributed by atoms with Crippen molar-refractivity contribution in [2.45, 2.75) is 32.0 Å². The first kappa shape index (κ1) is 17.6. The molecule has 2 aromatic rings. The van der Waals surface area contributed by atoms with Crippen LogP contribution >= 0.6 is 15.9 Å². The fourth-order valence-electron chi connectivity index (χ4n) is 2.19. The van der Waals surface area contributed by atoms with Crippen LogP contribution in [-0.4, -0.2) is 15.3 Å². The average Bonchev–Trinajstić information content (AvgIpc) is 3.04. The number of rotatable bonds is 6. The Morgan fingerprint density at radius 2 is 2.09 bits per heavy atom. The normalized spacial score (nSPS) is 13.2. The van der Waals surface area contributed by atoms with Crippen molar-refractivity contribution in [2.75, 3.05) is 0 Å². The van der Waals surface area contributed by atoms with Gasteiger partial charge in [0.15, 0.2) is 0 Å². The second-order valence-corrected chi connectivity index (χ2v) is 6.23. The highest BCUT2D eigenvalue weighted by molar-refractivity contribution is 9.10. The van der Waals surface area contributed by atoms with Gasteiger partial charge in [0.05, 0.1) is 12.4 Å². The van der Waals surface area contributed by atoms with Crippen LogP contribution in [0.5, 0.6) is 5.75 Å². The summed E-state index contributed by atoms with van der Waals surface area (Å²) < 4.78 is 5.94. The summed E-state index contributed by atoms with van der Waals surface area (Å²) in [5.74, 6) is 0.577. The van der Waals surface area contributed by atoms with Crippen molar-refractivity contribution in [1.29, 1.82) is 0 Å². The molecule has 2 atom stereocenters. The van der Waals surface area contributed by atoms with E-state index >= 15 is 0 Å². The van der Waals surface area contributed by atoms with Gasteiger partial charge in [0.25, 0.3) is 0 Å². The molecule has 0 amide bonds. The lowest BCUT2D eigenvalue weighted by Gasteiger charge is -2.10. The molecule has 5 heteroatoms. The summed E-state index contributed by atoms with van der Waals surface area (Å²) in [6.45, 7) is 1.85. The molecule has 3 N–H and O–H groups in total. The predicted molar refractivity (Wildman–Crippen MR) is 90.9 cm³/mol. The van der Waals surface area contributed by atoms with E-state index in [-0.39, 0.29) is 5.75 Å². The SMILES string of the molecule is CC(=C=CC[C@@H](O)c1cc(Br)ccc1O)C[C@@H](O)c1ccco1. The average molecular weight is 379 g/mol. The van der Waals surface area contributed by atoms with Crippen molar-refractivity contribution in [2.24, 2.45) is 0 Å². The summed E-state index contributed by atoms with van der Waals surface area (Å²) in [5, 5.41) is 29.9. The summed E-state index contributed by atoms with van der Waals surface area (Å²) in [6.07, 6.45) is 2.43. The van der Waals surface area contributed by atoms with Gasteiger partial charge in [-0.3, -0.25) is 0 Å². The Hall–Kier alpha value is -1.78. The summed E-state index contributed by atoms with van der Waals surface area (Å²) in [5.41, 5.74) is 4.36. The minimum atomic E-state index is -0.817. The minimum absolute atomic E-state index is 0.0584. The number of aliphatic hydroxyl groups excluding tert-OH is 2. The van der Waals surface area contributed by atoms with Crippen molar-refractivity contribution in [1.82, 2.24) is 0 Å². The van der Waals surface area contributed by atoms with Gasteiger partial charge in [-0.25, -0.2) is 0 Å². The standard InChI is InChI=1S/C18H19BrO4/c1-12(10-17(22)18-6-3-9-23-18)4-2-5-15(20)14-11-13(19)7-8-16(14)21/h2-3,6-9,11,15,17,20-22H,5,10H2,1H3/t4?,15-,17-/m1/s1. The minimum Gasteiger partial charge on any atom is -0.508 e. The van der Waals surface area contributed by atoms with Gasteiger partial charge in [0.2, 0.25) is 0 Å². The Kier molecular flexibility index (Phi) is 6.25. The van der Waals surface area contributed by atoms with E-state index in [0.717, 1.165) is 10.0 Å². The molecular weight excluding hydrogens is 360 g/mol. The van der Waals surface area contributed by atoms with E-state index < -0.39 is 12.2 Å².